The molecular formula is C27H22F4N2O5S. The Morgan fingerprint density at radius 3 is 2.54 bits per heavy atom. The van der Waals surface area contributed by atoms with Crippen LogP contribution in [0.2, 0.25) is 0 Å². The fourth-order valence-electron chi connectivity index (χ4n) is 4.62. The molecule has 1 fully saturated rings. The van der Waals surface area contributed by atoms with E-state index in [2.05, 4.69) is 5.32 Å². The predicted molar refractivity (Wildman–Crippen MR) is 133 cm³/mol. The molecule has 0 saturated carbocycles. The van der Waals surface area contributed by atoms with E-state index in [1.165, 1.54) is 18.2 Å². The molecule has 2 heterocycles. The van der Waals surface area contributed by atoms with E-state index in [4.69, 9.17) is 4.42 Å². The van der Waals surface area contributed by atoms with Gasteiger partial charge < -0.3 is 14.8 Å². The van der Waals surface area contributed by atoms with Gasteiger partial charge in [-0.2, -0.15) is 17.5 Å². The average Bonchev–Trinajstić information content (AvgIpc) is 3.56. The maximum absolute atomic E-state index is 14.5. The van der Waals surface area contributed by atoms with Gasteiger partial charge in [-0.3, -0.25) is 4.79 Å². The van der Waals surface area contributed by atoms with E-state index in [0.29, 0.717) is 35.4 Å². The van der Waals surface area contributed by atoms with Gasteiger partial charge in [0.1, 0.15) is 23.2 Å². The summed E-state index contributed by atoms with van der Waals surface area (Å²) in [5, 5.41) is 13.1. The number of sulfonamides is 1. The van der Waals surface area contributed by atoms with Crippen LogP contribution in [-0.2, 0) is 27.5 Å². The maximum Gasteiger partial charge on any atom is 0.416 e. The summed E-state index contributed by atoms with van der Waals surface area (Å²) in [4.78, 5) is 13.0. The Morgan fingerprint density at radius 2 is 1.82 bits per heavy atom. The summed E-state index contributed by atoms with van der Waals surface area (Å²) >= 11 is 0. The topological polar surface area (TPSA) is 99.9 Å². The van der Waals surface area contributed by atoms with Crippen molar-refractivity contribution in [1.82, 2.24) is 9.62 Å². The van der Waals surface area contributed by atoms with Crippen LogP contribution in [0.15, 0.2) is 76.2 Å². The van der Waals surface area contributed by atoms with E-state index >= 15 is 0 Å². The van der Waals surface area contributed by atoms with Crippen LogP contribution < -0.4 is 5.32 Å². The number of phenols is 1. The van der Waals surface area contributed by atoms with Crippen molar-refractivity contribution in [3.8, 4) is 16.9 Å². The van der Waals surface area contributed by atoms with Gasteiger partial charge in [0.25, 0.3) is 10.0 Å². The molecule has 1 aliphatic heterocycles. The molecule has 39 heavy (non-hydrogen) atoms. The normalized spacial score (nSPS) is 16.6. The molecule has 1 amide bonds. The molecule has 3 aromatic carbocycles. The number of nitrogens with zero attached hydrogens (tertiary/aromatic N) is 1. The highest BCUT2D eigenvalue weighted by atomic mass is 32.2. The van der Waals surface area contributed by atoms with Crippen molar-refractivity contribution in [2.45, 2.75) is 36.7 Å². The molecule has 0 radical (unpaired) electrons. The quantitative estimate of drug-likeness (QED) is 0.305. The van der Waals surface area contributed by atoms with Crippen LogP contribution in [0.5, 0.6) is 5.75 Å². The van der Waals surface area contributed by atoms with Crippen molar-refractivity contribution in [2.75, 3.05) is 6.54 Å². The van der Waals surface area contributed by atoms with Crippen molar-refractivity contribution in [3.05, 3.63) is 83.7 Å². The number of aromatic hydroxyl groups is 1. The monoisotopic (exact) mass is 562 g/mol. The van der Waals surface area contributed by atoms with E-state index in [0.717, 1.165) is 22.5 Å². The molecule has 1 aromatic heterocycles. The molecule has 1 aliphatic rings. The van der Waals surface area contributed by atoms with E-state index in [1.54, 1.807) is 24.3 Å². The molecule has 1 atom stereocenters. The van der Waals surface area contributed by atoms with Crippen LogP contribution in [0.3, 0.4) is 0 Å². The van der Waals surface area contributed by atoms with Crippen LogP contribution in [0.1, 0.15) is 24.0 Å². The summed E-state index contributed by atoms with van der Waals surface area (Å²) in [5.74, 6) is -2.09. The molecular weight excluding hydrogens is 540 g/mol. The number of para-hydroxylation sites is 1. The standard InChI is InChI=1S/C27H22F4N2O5S/c28-21-10-7-16(12-20(21)19-9-8-18(14-23(19)34)27(29,30)31)15-32-26(35)22-5-3-11-33(22)39(36,37)25-13-17-4-1-2-6-24(17)38-25/h1-2,4,6-10,12-14,22,34H,3,5,11,15H2,(H,32,35)/t22-/m0/s1. The van der Waals surface area contributed by atoms with Gasteiger partial charge >= 0.3 is 6.18 Å². The van der Waals surface area contributed by atoms with E-state index in [1.807, 2.05) is 0 Å². The molecule has 0 spiro atoms. The lowest BCUT2D eigenvalue weighted by molar-refractivity contribution is -0.137. The summed E-state index contributed by atoms with van der Waals surface area (Å²) in [6.07, 6.45) is -3.92. The Bertz CT molecular complexity index is 1630. The first-order valence-corrected chi connectivity index (χ1v) is 13.4. The minimum Gasteiger partial charge on any atom is -0.507 e. The zero-order valence-electron chi connectivity index (χ0n) is 20.2. The Hall–Kier alpha value is -3.90. The lowest BCUT2D eigenvalue weighted by Crippen LogP contribution is -2.45. The minimum atomic E-state index is -4.67. The minimum absolute atomic E-state index is 0.109. The Kier molecular flexibility index (Phi) is 6.85. The van der Waals surface area contributed by atoms with Crippen molar-refractivity contribution < 1.29 is 40.3 Å². The summed E-state index contributed by atoms with van der Waals surface area (Å²) < 4.78 is 86.5. The zero-order chi connectivity index (χ0) is 27.9. The number of carbonyl (C=O) groups excluding carboxylic acids is 1. The van der Waals surface area contributed by atoms with Gasteiger partial charge in [-0.05, 0) is 54.8 Å². The molecule has 7 nitrogen and oxygen atoms in total. The van der Waals surface area contributed by atoms with Crippen molar-refractivity contribution in [3.63, 3.8) is 0 Å². The van der Waals surface area contributed by atoms with Crippen LogP contribution >= 0.6 is 0 Å². The number of halogens is 4. The fraction of sp³-hybridized carbons (Fsp3) is 0.222. The number of nitrogens with one attached hydrogen (secondary N) is 1. The van der Waals surface area contributed by atoms with Gasteiger partial charge in [-0.25, -0.2) is 12.8 Å². The first kappa shape index (κ1) is 26.7. The second kappa shape index (κ2) is 10.0. The van der Waals surface area contributed by atoms with Crippen molar-refractivity contribution in [2.24, 2.45) is 0 Å². The first-order chi connectivity index (χ1) is 18.4. The zero-order valence-corrected chi connectivity index (χ0v) is 21.0. The second-order valence-corrected chi connectivity index (χ2v) is 11.0. The van der Waals surface area contributed by atoms with Gasteiger partial charge in [-0.15, -0.1) is 0 Å². The predicted octanol–water partition coefficient (Wildman–Crippen LogP) is 5.43. The van der Waals surface area contributed by atoms with Gasteiger partial charge in [0.05, 0.1) is 5.56 Å². The van der Waals surface area contributed by atoms with Crippen molar-refractivity contribution >= 4 is 26.9 Å². The van der Waals surface area contributed by atoms with E-state index in [9.17, 15) is 35.9 Å². The Labute approximate surface area is 220 Å². The molecule has 0 unspecified atom stereocenters. The smallest absolute Gasteiger partial charge is 0.416 e. The molecule has 204 valence electrons. The molecule has 12 heteroatoms. The van der Waals surface area contributed by atoms with E-state index < -0.39 is 45.3 Å². The van der Waals surface area contributed by atoms with E-state index in [-0.39, 0.29) is 29.3 Å². The highest BCUT2D eigenvalue weighted by molar-refractivity contribution is 7.89. The second-order valence-electron chi connectivity index (χ2n) is 9.14. The number of hydrogen-bond donors (Lipinski definition) is 2. The third-order valence-corrected chi connectivity index (χ3v) is 8.35. The number of benzene rings is 3. The van der Waals surface area contributed by atoms with Crippen LogP contribution in [0.4, 0.5) is 17.6 Å². The summed E-state index contributed by atoms with van der Waals surface area (Å²) in [7, 11) is -4.10. The highest BCUT2D eigenvalue weighted by Gasteiger charge is 2.41. The Balaban J connectivity index is 1.32. The van der Waals surface area contributed by atoms with Gasteiger partial charge in [0, 0.05) is 35.7 Å². The largest absolute Gasteiger partial charge is 0.507 e. The number of rotatable bonds is 6. The van der Waals surface area contributed by atoms with Gasteiger partial charge in [0.15, 0.2) is 0 Å². The number of fused-ring (bicyclic) bond motifs is 1. The SMILES string of the molecule is O=C(NCc1ccc(F)c(-c2ccc(C(F)(F)F)cc2O)c1)[C@@H]1CCCN1S(=O)(=O)c1cc2ccccc2o1. The van der Waals surface area contributed by atoms with Crippen LogP contribution in [0.25, 0.3) is 22.1 Å². The fourth-order valence-corrected chi connectivity index (χ4v) is 6.23. The number of carbonyl (C=O) groups is 1. The third-order valence-electron chi connectivity index (χ3n) is 6.58. The third kappa shape index (κ3) is 5.21. The summed E-state index contributed by atoms with van der Waals surface area (Å²) in [6.45, 7) is 0.0217. The lowest BCUT2D eigenvalue weighted by Gasteiger charge is -2.22. The number of furan rings is 1. The molecule has 1 saturated heterocycles. The number of alkyl halides is 3. The molecule has 0 bridgehead atoms. The molecule has 4 aromatic rings. The lowest BCUT2D eigenvalue weighted by atomic mass is 9.99. The first-order valence-electron chi connectivity index (χ1n) is 11.9. The van der Waals surface area contributed by atoms with Crippen LogP contribution in [-0.4, -0.2) is 36.3 Å². The molecule has 2 N–H and O–H groups in total. The van der Waals surface area contributed by atoms with Crippen molar-refractivity contribution in [1.29, 1.82) is 0 Å². The summed E-state index contributed by atoms with van der Waals surface area (Å²) in [5.41, 5.74) is -0.576. The maximum atomic E-state index is 14.5. The molecule has 0 aliphatic carbocycles. The Morgan fingerprint density at radius 1 is 1.05 bits per heavy atom. The number of amides is 1. The van der Waals surface area contributed by atoms with Crippen LogP contribution in [0, 0.1) is 5.82 Å². The number of phenolic OH excluding ortho intramolecular Hbond substituents is 1. The molecule has 5 rings (SSSR count). The highest BCUT2D eigenvalue weighted by Crippen LogP contribution is 2.37. The summed E-state index contributed by atoms with van der Waals surface area (Å²) in [6, 6.07) is 13.2. The van der Waals surface area contributed by atoms with Gasteiger partial charge in [-0.1, -0.05) is 24.3 Å². The van der Waals surface area contributed by atoms with Gasteiger partial charge in [0.2, 0.25) is 11.0 Å². The number of hydrogen-bond acceptors (Lipinski definition) is 5. The average molecular weight is 563 g/mol.